The highest BCUT2D eigenvalue weighted by Crippen LogP contribution is 2.18. The van der Waals surface area contributed by atoms with Gasteiger partial charge in [0.05, 0.1) is 6.10 Å². The molecule has 0 atom stereocenters. The molecule has 1 amide bonds. The molecule has 1 fully saturated rings. The molecule has 3 nitrogen and oxygen atoms in total. The summed E-state index contributed by atoms with van der Waals surface area (Å²) >= 11 is 3.37. The molecule has 1 saturated carbocycles. The number of amides is 1. The van der Waals surface area contributed by atoms with Crippen molar-refractivity contribution in [3.63, 3.8) is 0 Å². The monoisotopic (exact) mass is 323 g/mol. The van der Waals surface area contributed by atoms with Gasteiger partial charge in [-0.15, -0.1) is 0 Å². The molecule has 1 aliphatic carbocycles. The molecular weight excluding hydrogens is 306 g/mol. The van der Waals surface area contributed by atoms with Crippen molar-refractivity contribution in [3.05, 3.63) is 40.4 Å². The van der Waals surface area contributed by atoms with Crippen molar-refractivity contribution in [1.82, 2.24) is 5.32 Å². The summed E-state index contributed by atoms with van der Waals surface area (Å²) < 4.78 is 1.02. The van der Waals surface area contributed by atoms with Gasteiger partial charge in [-0.2, -0.15) is 0 Å². The first-order chi connectivity index (χ1) is 9.13. The van der Waals surface area contributed by atoms with Gasteiger partial charge in [-0.1, -0.05) is 28.1 Å². The van der Waals surface area contributed by atoms with E-state index >= 15 is 0 Å². The van der Waals surface area contributed by atoms with Crippen LogP contribution in [-0.4, -0.2) is 23.2 Å². The van der Waals surface area contributed by atoms with E-state index in [1.807, 2.05) is 24.3 Å². The highest BCUT2D eigenvalue weighted by Gasteiger charge is 2.19. The van der Waals surface area contributed by atoms with Crippen molar-refractivity contribution < 1.29 is 9.90 Å². The van der Waals surface area contributed by atoms with Gasteiger partial charge in [-0.3, -0.25) is 4.79 Å². The van der Waals surface area contributed by atoms with Crippen LogP contribution in [0.1, 0.15) is 31.2 Å². The first-order valence-electron chi connectivity index (χ1n) is 6.56. The van der Waals surface area contributed by atoms with Gasteiger partial charge >= 0.3 is 0 Å². The quantitative estimate of drug-likeness (QED) is 0.840. The SMILES string of the molecule is O=C(/C=C/c1ccc(Br)cc1)NC1CCC(O)CC1. The average molecular weight is 324 g/mol. The molecule has 0 spiro atoms. The molecule has 0 unspecified atom stereocenters. The Labute approximate surface area is 121 Å². The zero-order chi connectivity index (χ0) is 13.7. The Bertz CT molecular complexity index is 448. The summed E-state index contributed by atoms with van der Waals surface area (Å²) in [5.74, 6) is -0.0655. The number of aliphatic hydroxyl groups is 1. The van der Waals surface area contributed by atoms with Gasteiger partial charge in [0.2, 0.25) is 5.91 Å². The zero-order valence-electron chi connectivity index (χ0n) is 10.7. The molecule has 2 rings (SSSR count). The van der Waals surface area contributed by atoms with Crippen LogP contribution in [0.4, 0.5) is 0 Å². The van der Waals surface area contributed by atoms with Crippen molar-refractivity contribution in [3.8, 4) is 0 Å². The second-order valence-electron chi connectivity index (χ2n) is 4.90. The number of nitrogens with one attached hydrogen (secondary N) is 1. The largest absolute Gasteiger partial charge is 0.393 e. The minimum Gasteiger partial charge on any atom is -0.393 e. The maximum absolute atomic E-state index is 11.8. The third-order valence-corrected chi connectivity index (χ3v) is 3.87. The zero-order valence-corrected chi connectivity index (χ0v) is 12.3. The topological polar surface area (TPSA) is 49.3 Å². The summed E-state index contributed by atoms with van der Waals surface area (Å²) in [5.41, 5.74) is 0.998. The van der Waals surface area contributed by atoms with Gasteiger partial charge < -0.3 is 10.4 Å². The first kappa shape index (κ1) is 14.3. The van der Waals surface area contributed by atoms with Crippen LogP contribution in [0.25, 0.3) is 6.08 Å². The first-order valence-corrected chi connectivity index (χ1v) is 7.35. The number of carbonyl (C=O) groups excluding carboxylic acids is 1. The Morgan fingerprint density at radius 2 is 1.84 bits per heavy atom. The lowest BCUT2D eigenvalue weighted by molar-refractivity contribution is -0.117. The lowest BCUT2D eigenvalue weighted by Gasteiger charge is -2.25. The van der Waals surface area contributed by atoms with Gasteiger partial charge in [-0.25, -0.2) is 0 Å². The molecule has 0 saturated heterocycles. The van der Waals surface area contributed by atoms with E-state index in [0.717, 1.165) is 35.7 Å². The number of carbonyl (C=O) groups is 1. The summed E-state index contributed by atoms with van der Waals surface area (Å²) in [6, 6.07) is 7.99. The fourth-order valence-corrected chi connectivity index (χ4v) is 2.48. The van der Waals surface area contributed by atoms with Gasteiger partial charge in [0.1, 0.15) is 0 Å². The van der Waals surface area contributed by atoms with Crippen LogP contribution < -0.4 is 5.32 Å². The van der Waals surface area contributed by atoms with Crippen molar-refractivity contribution in [2.45, 2.75) is 37.8 Å². The van der Waals surface area contributed by atoms with Crippen LogP contribution in [0.3, 0.4) is 0 Å². The van der Waals surface area contributed by atoms with Crippen molar-refractivity contribution in [2.24, 2.45) is 0 Å². The van der Waals surface area contributed by atoms with Crippen LogP contribution in [-0.2, 0) is 4.79 Å². The molecule has 1 aliphatic rings. The standard InChI is InChI=1S/C15H18BrNO2/c16-12-4-1-11(2-5-12)3-10-15(19)17-13-6-8-14(18)9-7-13/h1-5,10,13-14,18H,6-9H2,(H,17,19)/b10-3+. The molecular formula is C15H18BrNO2. The Balaban J connectivity index is 1.82. The minimum absolute atomic E-state index is 0.0655. The molecule has 0 aliphatic heterocycles. The maximum Gasteiger partial charge on any atom is 0.244 e. The van der Waals surface area contributed by atoms with Gasteiger partial charge in [0.15, 0.2) is 0 Å². The number of halogens is 1. The van der Waals surface area contributed by atoms with E-state index in [9.17, 15) is 9.90 Å². The number of benzene rings is 1. The van der Waals surface area contributed by atoms with E-state index in [4.69, 9.17) is 0 Å². The number of hydrogen-bond donors (Lipinski definition) is 2. The van der Waals surface area contributed by atoms with Crippen LogP contribution >= 0.6 is 15.9 Å². The highest BCUT2D eigenvalue weighted by molar-refractivity contribution is 9.10. The number of aliphatic hydroxyl groups excluding tert-OH is 1. The van der Waals surface area contributed by atoms with Gasteiger partial charge in [0.25, 0.3) is 0 Å². The molecule has 0 heterocycles. The summed E-state index contributed by atoms with van der Waals surface area (Å²) in [6.45, 7) is 0. The highest BCUT2D eigenvalue weighted by atomic mass is 79.9. The Kier molecular flexibility index (Phi) is 5.16. The molecule has 102 valence electrons. The molecule has 4 heteroatoms. The molecule has 1 aromatic carbocycles. The second-order valence-corrected chi connectivity index (χ2v) is 5.81. The summed E-state index contributed by atoms with van der Waals surface area (Å²) in [6.07, 6.45) is 6.46. The predicted molar refractivity (Wildman–Crippen MR) is 79.6 cm³/mol. The van der Waals surface area contributed by atoms with Gasteiger partial charge in [-0.05, 0) is 49.5 Å². The summed E-state index contributed by atoms with van der Waals surface area (Å²) in [4.78, 5) is 11.8. The average Bonchev–Trinajstić information content (AvgIpc) is 2.41. The van der Waals surface area contributed by atoms with E-state index in [1.165, 1.54) is 0 Å². The van der Waals surface area contributed by atoms with E-state index in [0.29, 0.717) is 0 Å². The molecule has 0 radical (unpaired) electrons. The van der Waals surface area contributed by atoms with Crippen molar-refractivity contribution in [2.75, 3.05) is 0 Å². The predicted octanol–water partition coefficient (Wildman–Crippen LogP) is 2.88. The maximum atomic E-state index is 11.8. The fourth-order valence-electron chi connectivity index (χ4n) is 2.22. The molecule has 1 aromatic rings. The van der Waals surface area contributed by atoms with E-state index in [-0.39, 0.29) is 18.1 Å². The van der Waals surface area contributed by atoms with Gasteiger partial charge in [0, 0.05) is 16.6 Å². The summed E-state index contributed by atoms with van der Waals surface area (Å²) in [5, 5.41) is 12.4. The lowest BCUT2D eigenvalue weighted by atomic mass is 9.93. The van der Waals surface area contributed by atoms with Crippen molar-refractivity contribution in [1.29, 1.82) is 0 Å². The Morgan fingerprint density at radius 1 is 1.21 bits per heavy atom. The van der Waals surface area contributed by atoms with Crippen molar-refractivity contribution >= 4 is 27.9 Å². The smallest absolute Gasteiger partial charge is 0.244 e. The lowest BCUT2D eigenvalue weighted by Crippen LogP contribution is -2.37. The Morgan fingerprint density at radius 3 is 2.47 bits per heavy atom. The van der Waals surface area contributed by atoms with Crippen LogP contribution in [0.15, 0.2) is 34.8 Å². The van der Waals surface area contributed by atoms with E-state index < -0.39 is 0 Å². The van der Waals surface area contributed by atoms with Crippen LogP contribution in [0, 0.1) is 0 Å². The fraction of sp³-hybridized carbons (Fsp3) is 0.400. The van der Waals surface area contributed by atoms with E-state index in [2.05, 4.69) is 21.2 Å². The molecule has 19 heavy (non-hydrogen) atoms. The Hall–Kier alpha value is -1.13. The molecule has 0 bridgehead atoms. The van der Waals surface area contributed by atoms with Crippen LogP contribution in [0.2, 0.25) is 0 Å². The third-order valence-electron chi connectivity index (χ3n) is 3.34. The normalized spacial score (nSPS) is 23.5. The molecule has 0 aromatic heterocycles. The third kappa shape index (κ3) is 4.80. The number of hydrogen-bond acceptors (Lipinski definition) is 2. The minimum atomic E-state index is -0.188. The molecule has 2 N–H and O–H groups in total. The summed E-state index contributed by atoms with van der Waals surface area (Å²) in [7, 11) is 0. The second kappa shape index (κ2) is 6.87. The van der Waals surface area contributed by atoms with Crippen LogP contribution in [0.5, 0.6) is 0 Å². The number of rotatable bonds is 3. The van der Waals surface area contributed by atoms with E-state index in [1.54, 1.807) is 12.2 Å².